The van der Waals surface area contributed by atoms with E-state index in [4.69, 9.17) is 9.47 Å². The Hall–Kier alpha value is -0.160. The highest BCUT2D eigenvalue weighted by Crippen LogP contribution is 2.30. The van der Waals surface area contributed by atoms with Crippen LogP contribution in [0.3, 0.4) is 0 Å². The minimum atomic E-state index is 0.176. The van der Waals surface area contributed by atoms with E-state index in [1.54, 1.807) is 0 Å². The van der Waals surface area contributed by atoms with Crippen molar-refractivity contribution in [1.29, 1.82) is 0 Å². The molecule has 5 atom stereocenters. The number of hydrogen-bond donors (Lipinski definition) is 2. The molecule has 1 saturated carbocycles. The number of nitrogens with one attached hydrogen (secondary N) is 2. The molecule has 2 aliphatic rings. The zero-order chi connectivity index (χ0) is 13.0. The van der Waals surface area contributed by atoms with Crippen molar-refractivity contribution in [2.75, 3.05) is 20.2 Å². The Morgan fingerprint density at radius 1 is 1.22 bits per heavy atom. The molecule has 1 aliphatic carbocycles. The first-order chi connectivity index (χ1) is 8.69. The highest BCUT2D eigenvalue weighted by atomic mass is 16.5. The van der Waals surface area contributed by atoms with Crippen molar-refractivity contribution in [3.63, 3.8) is 0 Å². The van der Waals surface area contributed by atoms with Crippen LogP contribution in [0.5, 0.6) is 0 Å². The Kier molecular flexibility index (Phi) is 5.42. The van der Waals surface area contributed by atoms with E-state index in [0.717, 1.165) is 19.5 Å². The van der Waals surface area contributed by atoms with Crippen molar-refractivity contribution in [2.24, 2.45) is 5.92 Å². The van der Waals surface area contributed by atoms with E-state index >= 15 is 0 Å². The van der Waals surface area contributed by atoms with Gasteiger partial charge in [-0.05, 0) is 39.0 Å². The second-order valence-corrected chi connectivity index (χ2v) is 5.84. The molecule has 1 aliphatic heterocycles. The maximum Gasteiger partial charge on any atom is 0.121 e. The lowest BCUT2D eigenvalue weighted by atomic mass is 9.84. The smallest absolute Gasteiger partial charge is 0.121 e. The standard InChI is InChI=1S/C14H28N2O2/c1-10-8-15-9-14(16-10)18-13-6-4-5-12(7-13)11(2)17-3/h10-16H,4-9H2,1-3H3. The predicted octanol–water partition coefficient (Wildman–Crippen LogP) is 1.50. The average molecular weight is 256 g/mol. The van der Waals surface area contributed by atoms with Crippen LogP contribution < -0.4 is 10.6 Å². The molecule has 0 radical (unpaired) electrons. The van der Waals surface area contributed by atoms with Crippen LogP contribution in [0.15, 0.2) is 0 Å². The summed E-state index contributed by atoms with van der Waals surface area (Å²) in [5, 5.41) is 6.91. The van der Waals surface area contributed by atoms with E-state index in [0.29, 0.717) is 24.2 Å². The first kappa shape index (κ1) is 14.3. The molecule has 106 valence electrons. The summed E-state index contributed by atoms with van der Waals surface area (Å²) < 4.78 is 11.7. The van der Waals surface area contributed by atoms with Gasteiger partial charge in [-0.25, -0.2) is 0 Å². The highest BCUT2D eigenvalue weighted by molar-refractivity contribution is 4.81. The van der Waals surface area contributed by atoms with Crippen LogP contribution in [0.2, 0.25) is 0 Å². The van der Waals surface area contributed by atoms with Gasteiger partial charge in [0.15, 0.2) is 0 Å². The van der Waals surface area contributed by atoms with Gasteiger partial charge < -0.3 is 14.8 Å². The van der Waals surface area contributed by atoms with Gasteiger partial charge in [-0.1, -0.05) is 6.42 Å². The molecule has 0 aromatic rings. The van der Waals surface area contributed by atoms with Gasteiger partial charge in [0.1, 0.15) is 6.23 Å². The summed E-state index contributed by atoms with van der Waals surface area (Å²) in [5.74, 6) is 0.655. The van der Waals surface area contributed by atoms with Gasteiger partial charge in [-0.2, -0.15) is 0 Å². The van der Waals surface area contributed by atoms with Crippen LogP contribution in [0.1, 0.15) is 39.5 Å². The summed E-state index contributed by atoms with van der Waals surface area (Å²) in [4.78, 5) is 0. The van der Waals surface area contributed by atoms with E-state index in [-0.39, 0.29) is 6.23 Å². The van der Waals surface area contributed by atoms with E-state index < -0.39 is 0 Å². The average Bonchev–Trinajstić information content (AvgIpc) is 2.38. The highest BCUT2D eigenvalue weighted by Gasteiger charge is 2.29. The van der Waals surface area contributed by atoms with Gasteiger partial charge in [-0.15, -0.1) is 0 Å². The molecule has 1 saturated heterocycles. The summed E-state index contributed by atoms with van der Waals surface area (Å²) in [6, 6.07) is 0.501. The van der Waals surface area contributed by atoms with E-state index in [1.165, 1.54) is 19.3 Å². The maximum absolute atomic E-state index is 6.20. The fourth-order valence-corrected chi connectivity index (χ4v) is 3.11. The molecule has 2 N–H and O–H groups in total. The fraction of sp³-hybridized carbons (Fsp3) is 1.00. The molecule has 0 amide bonds. The molecule has 2 fully saturated rings. The molecular weight excluding hydrogens is 228 g/mol. The summed E-state index contributed by atoms with van der Waals surface area (Å²) in [6.07, 6.45) is 5.80. The molecule has 5 unspecified atom stereocenters. The second-order valence-electron chi connectivity index (χ2n) is 5.84. The monoisotopic (exact) mass is 256 g/mol. The molecule has 18 heavy (non-hydrogen) atoms. The third-order valence-corrected chi connectivity index (χ3v) is 4.31. The second kappa shape index (κ2) is 6.85. The molecule has 1 heterocycles. The molecule has 0 aromatic heterocycles. The van der Waals surface area contributed by atoms with Crippen LogP contribution in [0.4, 0.5) is 0 Å². The predicted molar refractivity (Wildman–Crippen MR) is 72.6 cm³/mol. The Bertz CT molecular complexity index is 250. The van der Waals surface area contributed by atoms with Crippen LogP contribution in [-0.4, -0.2) is 44.7 Å². The van der Waals surface area contributed by atoms with Gasteiger partial charge in [-0.3, -0.25) is 5.32 Å². The molecule has 2 rings (SSSR count). The van der Waals surface area contributed by atoms with Crippen molar-refractivity contribution < 1.29 is 9.47 Å². The molecular formula is C14H28N2O2. The van der Waals surface area contributed by atoms with Gasteiger partial charge >= 0.3 is 0 Å². The number of ether oxygens (including phenoxy) is 2. The van der Waals surface area contributed by atoms with Crippen LogP contribution in [-0.2, 0) is 9.47 Å². The van der Waals surface area contributed by atoms with Gasteiger partial charge in [0.05, 0.1) is 12.2 Å². The van der Waals surface area contributed by atoms with Crippen molar-refractivity contribution >= 4 is 0 Å². The topological polar surface area (TPSA) is 42.5 Å². The van der Waals surface area contributed by atoms with E-state index in [9.17, 15) is 0 Å². The van der Waals surface area contributed by atoms with Crippen molar-refractivity contribution in [1.82, 2.24) is 10.6 Å². The first-order valence-electron chi connectivity index (χ1n) is 7.34. The summed E-state index contributed by atoms with van der Waals surface area (Å²) in [7, 11) is 1.81. The van der Waals surface area contributed by atoms with Crippen molar-refractivity contribution in [3.05, 3.63) is 0 Å². The van der Waals surface area contributed by atoms with Gasteiger partial charge in [0, 0.05) is 26.2 Å². The SMILES string of the molecule is COC(C)C1CCCC(OC2CNCC(C)N2)C1. The summed E-state index contributed by atoms with van der Waals surface area (Å²) >= 11 is 0. The zero-order valence-corrected chi connectivity index (χ0v) is 11.9. The van der Waals surface area contributed by atoms with E-state index in [1.807, 2.05) is 7.11 Å². The Morgan fingerprint density at radius 2 is 2.06 bits per heavy atom. The number of rotatable bonds is 4. The van der Waals surface area contributed by atoms with Crippen LogP contribution in [0, 0.1) is 5.92 Å². The largest absolute Gasteiger partial charge is 0.381 e. The van der Waals surface area contributed by atoms with Gasteiger partial charge in [0.2, 0.25) is 0 Å². The Labute approximate surface area is 111 Å². The third-order valence-electron chi connectivity index (χ3n) is 4.31. The first-order valence-corrected chi connectivity index (χ1v) is 7.34. The van der Waals surface area contributed by atoms with Crippen molar-refractivity contribution in [3.8, 4) is 0 Å². The molecule has 0 spiro atoms. The molecule has 0 bridgehead atoms. The summed E-state index contributed by atoms with van der Waals surface area (Å²) in [5.41, 5.74) is 0. The van der Waals surface area contributed by atoms with Crippen LogP contribution >= 0.6 is 0 Å². The normalized spacial score (nSPS) is 39.5. The Morgan fingerprint density at radius 3 is 2.78 bits per heavy atom. The minimum absolute atomic E-state index is 0.176. The minimum Gasteiger partial charge on any atom is -0.381 e. The number of hydrogen-bond acceptors (Lipinski definition) is 4. The fourth-order valence-electron chi connectivity index (χ4n) is 3.11. The van der Waals surface area contributed by atoms with E-state index in [2.05, 4.69) is 24.5 Å². The number of methoxy groups -OCH3 is 1. The maximum atomic E-state index is 6.20. The lowest BCUT2D eigenvalue weighted by Gasteiger charge is -2.37. The van der Waals surface area contributed by atoms with Gasteiger partial charge in [0.25, 0.3) is 0 Å². The lowest BCUT2D eigenvalue weighted by Crippen LogP contribution is -2.55. The number of piperazine rings is 1. The summed E-state index contributed by atoms with van der Waals surface area (Å²) in [6.45, 7) is 6.33. The van der Waals surface area contributed by atoms with Crippen molar-refractivity contribution in [2.45, 2.75) is 64.0 Å². The Balaban J connectivity index is 1.78. The molecule has 4 heteroatoms. The van der Waals surface area contributed by atoms with Crippen LogP contribution in [0.25, 0.3) is 0 Å². The lowest BCUT2D eigenvalue weighted by molar-refractivity contribution is -0.0783. The molecule has 4 nitrogen and oxygen atoms in total. The molecule has 0 aromatic carbocycles. The quantitative estimate of drug-likeness (QED) is 0.800. The third kappa shape index (κ3) is 3.92. The zero-order valence-electron chi connectivity index (χ0n) is 11.9.